The monoisotopic (exact) mass is 197 g/mol. The Labute approximate surface area is 80.7 Å². The van der Waals surface area contributed by atoms with Gasteiger partial charge in [-0.15, -0.1) is 0 Å². The molecular weight excluding hydrogens is 186 g/mol. The van der Waals surface area contributed by atoms with E-state index in [2.05, 4.69) is 5.32 Å². The molecule has 0 bridgehead atoms. The van der Waals surface area contributed by atoms with Crippen LogP contribution in [0.2, 0.25) is 0 Å². The quantitative estimate of drug-likeness (QED) is 0.694. The maximum absolute atomic E-state index is 11.2. The van der Waals surface area contributed by atoms with Gasteiger partial charge in [-0.2, -0.15) is 0 Å². The van der Waals surface area contributed by atoms with Crippen LogP contribution in [0, 0.1) is 0 Å². The van der Waals surface area contributed by atoms with Crippen LogP contribution in [0.15, 0.2) is 30.3 Å². The van der Waals surface area contributed by atoms with Gasteiger partial charge in [0.1, 0.15) is 6.54 Å². The highest BCUT2D eigenvalue weighted by atomic mass is 16.4. The highest BCUT2D eigenvalue weighted by Crippen LogP contribution is 1.96. The molecule has 0 heterocycles. The van der Waals surface area contributed by atoms with E-state index in [1.807, 2.05) is 0 Å². The number of hydrogen-bond acceptors (Lipinski definition) is 2. The fourth-order valence-electron chi connectivity index (χ4n) is 0.847. The minimum atomic E-state index is -1.05. The van der Waals surface area contributed by atoms with Gasteiger partial charge in [0.05, 0.1) is 0 Å². The SMILES string of the molecule is O.O=C(O)CNC(=O)c1ccccc1. The number of benzene rings is 1. The maximum atomic E-state index is 11.2. The van der Waals surface area contributed by atoms with Gasteiger partial charge in [0.15, 0.2) is 0 Å². The lowest BCUT2D eigenvalue weighted by molar-refractivity contribution is -0.135. The van der Waals surface area contributed by atoms with Crippen LogP contribution < -0.4 is 5.32 Å². The predicted molar refractivity (Wildman–Crippen MR) is 50.0 cm³/mol. The van der Waals surface area contributed by atoms with E-state index in [0.717, 1.165) is 0 Å². The first-order valence-corrected chi connectivity index (χ1v) is 3.75. The summed E-state index contributed by atoms with van der Waals surface area (Å²) in [5, 5.41) is 10.6. The number of carboxylic acids is 1. The molecule has 14 heavy (non-hydrogen) atoms. The molecule has 0 saturated carbocycles. The molecule has 1 rings (SSSR count). The molecule has 0 radical (unpaired) electrons. The van der Waals surface area contributed by atoms with Gasteiger partial charge in [0.25, 0.3) is 5.91 Å². The summed E-state index contributed by atoms with van der Waals surface area (Å²) in [4.78, 5) is 21.3. The summed E-state index contributed by atoms with van der Waals surface area (Å²) in [6.45, 7) is -0.353. The first-order chi connectivity index (χ1) is 6.20. The minimum Gasteiger partial charge on any atom is -0.480 e. The number of carbonyl (C=O) groups excluding carboxylic acids is 1. The van der Waals surface area contributed by atoms with Crippen molar-refractivity contribution in [3.8, 4) is 0 Å². The summed E-state index contributed by atoms with van der Waals surface area (Å²) < 4.78 is 0. The molecule has 1 aromatic carbocycles. The lowest BCUT2D eigenvalue weighted by atomic mass is 10.2. The highest BCUT2D eigenvalue weighted by molar-refractivity contribution is 5.95. The van der Waals surface area contributed by atoms with E-state index in [-0.39, 0.29) is 17.9 Å². The molecule has 0 unspecified atom stereocenters. The van der Waals surface area contributed by atoms with E-state index in [4.69, 9.17) is 5.11 Å². The van der Waals surface area contributed by atoms with Crippen molar-refractivity contribution in [2.75, 3.05) is 6.54 Å². The van der Waals surface area contributed by atoms with Crippen molar-refractivity contribution in [2.45, 2.75) is 0 Å². The number of nitrogens with one attached hydrogen (secondary N) is 1. The van der Waals surface area contributed by atoms with Crippen LogP contribution in [0.4, 0.5) is 0 Å². The van der Waals surface area contributed by atoms with Crippen LogP contribution >= 0.6 is 0 Å². The van der Waals surface area contributed by atoms with Gasteiger partial charge in [0.2, 0.25) is 0 Å². The summed E-state index contributed by atoms with van der Waals surface area (Å²) in [6.07, 6.45) is 0. The Balaban J connectivity index is 0.00000169. The molecule has 0 aliphatic rings. The molecule has 0 atom stereocenters. The Kier molecular flexibility index (Phi) is 4.95. The Morgan fingerprint density at radius 2 is 1.79 bits per heavy atom. The molecule has 0 aromatic heterocycles. The molecule has 1 amide bonds. The smallest absolute Gasteiger partial charge is 0.322 e. The Morgan fingerprint density at radius 3 is 2.29 bits per heavy atom. The van der Waals surface area contributed by atoms with Gasteiger partial charge in [0, 0.05) is 5.56 Å². The number of carboxylic acid groups (broad SMARTS) is 1. The Morgan fingerprint density at radius 1 is 1.21 bits per heavy atom. The van der Waals surface area contributed by atoms with E-state index in [1.54, 1.807) is 30.3 Å². The van der Waals surface area contributed by atoms with Gasteiger partial charge in [-0.25, -0.2) is 0 Å². The zero-order valence-electron chi connectivity index (χ0n) is 7.36. The summed E-state index contributed by atoms with van der Waals surface area (Å²) in [5.74, 6) is -1.42. The van der Waals surface area contributed by atoms with Crippen molar-refractivity contribution >= 4 is 11.9 Å². The van der Waals surface area contributed by atoms with Gasteiger partial charge in [-0.3, -0.25) is 9.59 Å². The molecule has 0 fully saturated rings. The zero-order valence-corrected chi connectivity index (χ0v) is 7.36. The molecule has 4 N–H and O–H groups in total. The van der Waals surface area contributed by atoms with Crippen LogP contribution in [0.1, 0.15) is 10.4 Å². The third-order valence-electron chi connectivity index (χ3n) is 1.44. The Hall–Kier alpha value is -1.88. The molecule has 5 nitrogen and oxygen atoms in total. The van der Waals surface area contributed by atoms with Crippen LogP contribution in [0.3, 0.4) is 0 Å². The molecule has 0 aliphatic heterocycles. The standard InChI is InChI=1S/C9H9NO3.H2O/c11-8(12)6-10-9(13)7-4-2-1-3-5-7;/h1-5H,6H2,(H,10,13)(H,11,12);1H2. The molecule has 1 aromatic rings. The summed E-state index contributed by atoms with van der Waals surface area (Å²) in [5.41, 5.74) is 0.462. The first kappa shape index (κ1) is 12.1. The van der Waals surface area contributed by atoms with Gasteiger partial charge >= 0.3 is 5.97 Å². The maximum Gasteiger partial charge on any atom is 0.322 e. The lowest BCUT2D eigenvalue weighted by Crippen LogP contribution is -2.29. The second-order valence-electron chi connectivity index (χ2n) is 2.44. The van der Waals surface area contributed by atoms with E-state index in [0.29, 0.717) is 5.56 Å². The molecule has 0 spiro atoms. The fourth-order valence-corrected chi connectivity index (χ4v) is 0.847. The van der Waals surface area contributed by atoms with Crippen molar-refractivity contribution in [2.24, 2.45) is 0 Å². The summed E-state index contributed by atoms with van der Waals surface area (Å²) in [6, 6.07) is 8.47. The van der Waals surface area contributed by atoms with Gasteiger partial charge in [-0.05, 0) is 12.1 Å². The van der Waals surface area contributed by atoms with E-state index >= 15 is 0 Å². The van der Waals surface area contributed by atoms with Crippen molar-refractivity contribution in [1.29, 1.82) is 0 Å². The topological polar surface area (TPSA) is 97.9 Å². The van der Waals surface area contributed by atoms with Crippen molar-refractivity contribution in [3.63, 3.8) is 0 Å². The fraction of sp³-hybridized carbons (Fsp3) is 0.111. The molecule has 0 saturated heterocycles. The van der Waals surface area contributed by atoms with Crippen LogP contribution in [-0.4, -0.2) is 29.0 Å². The number of hydrogen-bond donors (Lipinski definition) is 2. The number of carbonyl (C=O) groups is 2. The van der Waals surface area contributed by atoms with Crippen LogP contribution in [0.25, 0.3) is 0 Å². The number of amides is 1. The second-order valence-corrected chi connectivity index (χ2v) is 2.44. The minimum absolute atomic E-state index is 0. The molecule has 0 aliphatic carbocycles. The van der Waals surface area contributed by atoms with E-state index < -0.39 is 5.97 Å². The number of aliphatic carboxylic acids is 1. The third kappa shape index (κ3) is 3.68. The third-order valence-corrected chi connectivity index (χ3v) is 1.44. The number of rotatable bonds is 3. The second kappa shape index (κ2) is 5.71. The molecule has 76 valence electrons. The van der Waals surface area contributed by atoms with Gasteiger partial charge in [-0.1, -0.05) is 18.2 Å². The normalized spacial score (nSPS) is 8.57. The average Bonchev–Trinajstić information content (AvgIpc) is 2.15. The van der Waals surface area contributed by atoms with Gasteiger partial charge < -0.3 is 15.9 Å². The summed E-state index contributed by atoms with van der Waals surface area (Å²) in [7, 11) is 0. The summed E-state index contributed by atoms with van der Waals surface area (Å²) >= 11 is 0. The van der Waals surface area contributed by atoms with Crippen LogP contribution in [-0.2, 0) is 4.79 Å². The van der Waals surface area contributed by atoms with Crippen molar-refractivity contribution < 1.29 is 20.2 Å². The van der Waals surface area contributed by atoms with Crippen molar-refractivity contribution in [1.82, 2.24) is 5.32 Å². The van der Waals surface area contributed by atoms with Crippen LogP contribution in [0.5, 0.6) is 0 Å². The van der Waals surface area contributed by atoms with Crippen molar-refractivity contribution in [3.05, 3.63) is 35.9 Å². The average molecular weight is 197 g/mol. The predicted octanol–water partition coefficient (Wildman–Crippen LogP) is -0.324. The van der Waals surface area contributed by atoms with E-state index in [1.165, 1.54) is 0 Å². The molecular formula is C9H11NO4. The molecule has 5 heteroatoms. The largest absolute Gasteiger partial charge is 0.480 e. The van der Waals surface area contributed by atoms with E-state index in [9.17, 15) is 9.59 Å². The lowest BCUT2D eigenvalue weighted by Gasteiger charge is -2.00. The zero-order chi connectivity index (χ0) is 9.68. The first-order valence-electron chi connectivity index (χ1n) is 3.75. The Bertz CT molecular complexity index is 310. The highest BCUT2D eigenvalue weighted by Gasteiger charge is 2.04.